The highest BCUT2D eigenvalue weighted by Gasteiger charge is 2.16. The molecule has 2 unspecified atom stereocenters. The number of ether oxygens (including phenoxy) is 1. The van der Waals surface area contributed by atoms with Crippen molar-refractivity contribution in [1.29, 1.82) is 0 Å². The van der Waals surface area contributed by atoms with Crippen LogP contribution in [-0.2, 0) is 4.74 Å². The van der Waals surface area contributed by atoms with Gasteiger partial charge in [-0.1, -0.05) is 0 Å². The molecule has 7 heavy (non-hydrogen) atoms. The third kappa shape index (κ3) is 1.16. The zero-order chi connectivity index (χ0) is 5.28. The lowest BCUT2D eigenvalue weighted by Crippen LogP contribution is -2.02. The molecule has 1 fully saturated rings. The van der Waals surface area contributed by atoms with Crippen molar-refractivity contribution < 1.29 is 4.74 Å². The van der Waals surface area contributed by atoms with Gasteiger partial charge in [-0.2, -0.15) is 0 Å². The van der Waals surface area contributed by atoms with Crippen LogP contribution in [0.25, 0.3) is 0 Å². The maximum Gasteiger partial charge on any atom is 0.0615 e. The van der Waals surface area contributed by atoms with Gasteiger partial charge in [0.15, 0.2) is 0 Å². The second kappa shape index (κ2) is 1.83. The van der Waals surface area contributed by atoms with E-state index in [1.54, 1.807) is 0 Å². The second-order valence-corrected chi connectivity index (χ2v) is 1.79. The van der Waals surface area contributed by atoms with Crippen LogP contribution < -0.4 is 0 Å². The fraction of sp³-hybridized carbons (Fsp3) is 0.667. The standard InChI is InChI=1S/C6H8O/c1-5-3-4-6(2)7-5/h1-2,5-6H,3-4H2. The minimum atomic E-state index is -0.102. The van der Waals surface area contributed by atoms with Gasteiger partial charge in [0.25, 0.3) is 0 Å². The van der Waals surface area contributed by atoms with Gasteiger partial charge in [0, 0.05) is 0 Å². The fourth-order valence-corrected chi connectivity index (χ4v) is 0.689. The maximum atomic E-state index is 5.32. The third-order valence-electron chi connectivity index (χ3n) is 1.09. The average Bonchev–Trinajstić information content (AvgIpc) is 1.87. The quantitative estimate of drug-likeness (QED) is 0.436. The molecule has 2 atom stereocenters. The summed E-state index contributed by atoms with van der Waals surface area (Å²) >= 11 is 0. The van der Waals surface area contributed by atoms with Crippen LogP contribution in [0.15, 0.2) is 0 Å². The normalized spacial score (nSPS) is 42.0. The van der Waals surface area contributed by atoms with Crippen molar-refractivity contribution in [3.05, 3.63) is 13.8 Å². The van der Waals surface area contributed by atoms with E-state index >= 15 is 0 Å². The highest BCUT2D eigenvalue weighted by molar-refractivity contribution is 4.75. The Kier molecular flexibility index (Phi) is 1.33. The highest BCUT2D eigenvalue weighted by Crippen LogP contribution is 2.16. The molecule has 0 bridgehead atoms. The number of hydrogen-bond acceptors (Lipinski definition) is 1. The summed E-state index contributed by atoms with van der Waals surface area (Å²) in [6.07, 6.45) is 1.60. The Labute approximate surface area is 44.7 Å². The molecular formula is C6H8O. The predicted octanol–water partition coefficient (Wildman–Crippen LogP) is 0.956. The van der Waals surface area contributed by atoms with Crippen LogP contribution >= 0.6 is 0 Å². The Morgan fingerprint density at radius 1 is 1.14 bits per heavy atom. The largest absolute Gasteiger partial charge is 0.374 e. The van der Waals surface area contributed by atoms with Crippen molar-refractivity contribution in [2.45, 2.75) is 25.0 Å². The summed E-state index contributed by atoms with van der Waals surface area (Å²) in [5.41, 5.74) is 0. The highest BCUT2D eigenvalue weighted by atomic mass is 16.5. The minimum Gasteiger partial charge on any atom is -0.374 e. The third-order valence-corrected chi connectivity index (χ3v) is 1.09. The molecule has 0 aliphatic carbocycles. The van der Waals surface area contributed by atoms with Crippen molar-refractivity contribution >= 4 is 0 Å². The summed E-state index contributed by atoms with van der Waals surface area (Å²) in [6.45, 7) is 10.6. The summed E-state index contributed by atoms with van der Waals surface area (Å²) in [5, 5.41) is 0. The smallest absolute Gasteiger partial charge is 0.0615 e. The lowest BCUT2D eigenvalue weighted by atomic mass is 10.2. The molecule has 0 saturated carbocycles. The summed E-state index contributed by atoms with van der Waals surface area (Å²) in [6, 6.07) is 0. The Hall–Kier alpha value is -0.0400. The van der Waals surface area contributed by atoms with E-state index in [4.69, 9.17) is 18.6 Å². The van der Waals surface area contributed by atoms with Gasteiger partial charge in [0.05, 0.1) is 12.2 Å². The van der Waals surface area contributed by atoms with Gasteiger partial charge in [-0.25, -0.2) is 0 Å². The van der Waals surface area contributed by atoms with E-state index in [0.29, 0.717) is 0 Å². The van der Waals surface area contributed by atoms with Crippen molar-refractivity contribution in [3.8, 4) is 0 Å². The molecule has 0 aromatic heterocycles. The molecule has 1 nitrogen and oxygen atoms in total. The Morgan fingerprint density at radius 2 is 1.57 bits per heavy atom. The first-order chi connectivity index (χ1) is 3.29. The topological polar surface area (TPSA) is 9.23 Å². The van der Waals surface area contributed by atoms with Crippen molar-refractivity contribution in [3.63, 3.8) is 0 Å². The van der Waals surface area contributed by atoms with E-state index in [9.17, 15) is 0 Å². The van der Waals surface area contributed by atoms with Crippen LogP contribution in [0.4, 0.5) is 0 Å². The van der Waals surface area contributed by atoms with Gasteiger partial charge in [-0.05, 0) is 26.7 Å². The molecule has 1 rings (SSSR count). The molecule has 1 saturated heterocycles. The fourth-order valence-electron chi connectivity index (χ4n) is 0.689. The molecule has 0 amide bonds. The van der Waals surface area contributed by atoms with Gasteiger partial charge in [0.2, 0.25) is 0 Å². The monoisotopic (exact) mass is 96.1 g/mol. The molecule has 0 N–H and O–H groups in total. The van der Waals surface area contributed by atoms with Crippen LogP contribution in [-0.4, -0.2) is 12.2 Å². The molecule has 1 heterocycles. The van der Waals surface area contributed by atoms with Crippen molar-refractivity contribution in [1.82, 2.24) is 0 Å². The molecule has 1 aliphatic heterocycles. The molecule has 0 aromatic rings. The second-order valence-electron chi connectivity index (χ2n) is 1.79. The summed E-state index contributed by atoms with van der Waals surface area (Å²) in [7, 11) is 0. The molecular weight excluding hydrogens is 88.1 g/mol. The first kappa shape index (κ1) is 5.10. The van der Waals surface area contributed by atoms with Crippen molar-refractivity contribution in [2.24, 2.45) is 0 Å². The first-order valence-corrected chi connectivity index (χ1v) is 2.45. The van der Waals surface area contributed by atoms with Crippen LogP contribution in [0, 0.1) is 13.8 Å². The maximum absolute atomic E-state index is 5.32. The van der Waals surface area contributed by atoms with Gasteiger partial charge in [0.1, 0.15) is 0 Å². The Bertz CT molecular complexity index is 53.2. The average molecular weight is 96.1 g/mol. The zero-order valence-corrected chi connectivity index (χ0v) is 4.13. The Balaban J connectivity index is 2.26. The summed E-state index contributed by atoms with van der Waals surface area (Å²) in [4.78, 5) is 0. The zero-order valence-electron chi connectivity index (χ0n) is 4.13. The van der Waals surface area contributed by atoms with Crippen molar-refractivity contribution in [2.75, 3.05) is 0 Å². The summed E-state index contributed by atoms with van der Waals surface area (Å²) in [5.74, 6) is 0. The van der Waals surface area contributed by atoms with E-state index in [1.165, 1.54) is 0 Å². The predicted molar refractivity (Wildman–Crippen MR) is 26.5 cm³/mol. The van der Waals surface area contributed by atoms with Crippen LogP contribution in [0.3, 0.4) is 0 Å². The minimum absolute atomic E-state index is 0.102. The Morgan fingerprint density at radius 3 is 1.71 bits per heavy atom. The molecule has 1 heteroatoms. The first-order valence-electron chi connectivity index (χ1n) is 2.45. The summed E-state index contributed by atoms with van der Waals surface area (Å²) < 4.78 is 4.92. The lowest BCUT2D eigenvalue weighted by molar-refractivity contribution is 0.0973. The number of rotatable bonds is 0. The molecule has 0 spiro atoms. The van der Waals surface area contributed by atoms with Gasteiger partial charge in [-0.3, -0.25) is 0 Å². The molecule has 38 valence electrons. The van der Waals surface area contributed by atoms with Gasteiger partial charge >= 0.3 is 0 Å². The van der Waals surface area contributed by atoms with Crippen LogP contribution in [0.1, 0.15) is 12.8 Å². The molecule has 4 radical (unpaired) electrons. The van der Waals surface area contributed by atoms with E-state index in [2.05, 4.69) is 0 Å². The van der Waals surface area contributed by atoms with E-state index in [-0.39, 0.29) is 12.2 Å². The van der Waals surface area contributed by atoms with Crippen LogP contribution in [0.5, 0.6) is 0 Å². The lowest BCUT2D eigenvalue weighted by Gasteiger charge is -2.00. The van der Waals surface area contributed by atoms with E-state index in [0.717, 1.165) is 12.8 Å². The van der Waals surface area contributed by atoms with Crippen LogP contribution in [0.2, 0.25) is 0 Å². The van der Waals surface area contributed by atoms with Gasteiger partial charge < -0.3 is 4.74 Å². The molecule has 1 aliphatic rings. The van der Waals surface area contributed by atoms with E-state index < -0.39 is 0 Å². The molecule has 0 aromatic carbocycles. The van der Waals surface area contributed by atoms with Gasteiger partial charge in [-0.15, -0.1) is 0 Å². The van der Waals surface area contributed by atoms with E-state index in [1.807, 2.05) is 0 Å². The number of hydrogen-bond donors (Lipinski definition) is 0. The SMILES string of the molecule is [CH]C1CCC([CH])O1.